The van der Waals surface area contributed by atoms with Gasteiger partial charge in [0.15, 0.2) is 0 Å². The number of aryl methyl sites for hydroxylation is 1. The first-order chi connectivity index (χ1) is 8.15. The van der Waals surface area contributed by atoms with Gasteiger partial charge in [-0.05, 0) is 44.0 Å². The van der Waals surface area contributed by atoms with Gasteiger partial charge >= 0.3 is 0 Å². The molecule has 1 heteroatoms. The van der Waals surface area contributed by atoms with Gasteiger partial charge < -0.3 is 4.74 Å². The molecule has 0 aliphatic carbocycles. The van der Waals surface area contributed by atoms with E-state index in [1.165, 1.54) is 16.7 Å². The molecular weight excluding hydrogens is 208 g/mol. The van der Waals surface area contributed by atoms with Crippen molar-refractivity contribution in [2.45, 2.75) is 26.9 Å². The summed E-state index contributed by atoms with van der Waals surface area (Å²) in [6.45, 7) is 6.19. The van der Waals surface area contributed by atoms with Crippen molar-refractivity contribution in [3.05, 3.63) is 54.1 Å². The second-order valence-electron chi connectivity index (χ2n) is 4.56. The van der Waals surface area contributed by atoms with Gasteiger partial charge in [-0.25, -0.2) is 0 Å². The third kappa shape index (κ3) is 3.10. The summed E-state index contributed by atoms with van der Waals surface area (Å²) in [4.78, 5) is 0. The molecule has 0 atom stereocenters. The summed E-state index contributed by atoms with van der Waals surface area (Å²) >= 11 is 0. The van der Waals surface area contributed by atoms with E-state index < -0.39 is 0 Å². The fourth-order valence-electron chi connectivity index (χ4n) is 1.85. The first-order valence-corrected chi connectivity index (χ1v) is 5.99. The topological polar surface area (TPSA) is 9.23 Å². The minimum Gasteiger partial charge on any atom is -0.491 e. The van der Waals surface area contributed by atoms with Crippen molar-refractivity contribution in [1.82, 2.24) is 0 Å². The second kappa shape index (κ2) is 5.05. The van der Waals surface area contributed by atoms with E-state index >= 15 is 0 Å². The molecule has 2 aromatic carbocycles. The van der Waals surface area contributed by atoms with Crippen LogP contribution >= 0.6 is 0 Å². The highest BCUT2D eigenvalue weighted by Crippen LogP contribution is 2.25. The molecule has 1 nitrogen and oxygen atoms in total. The van der Waals surface area contributed by atoms with Gasteiger partial charge in [0.2, 0.25) is 0 Å². The molecule has 0 aromatic heterocycles. The Morgan fingerprint density at radius 2 is 1.53 bits per heavy atom. The third-order valence-electron chi connectivity index (χ3n) is 2.56. The highest BCUT2D eigenvalue weighted by molar-refractivity contribution is 5.65. The zero-order valence-corrected chi connectivity index (χ0v) is 10.6. The average Bonchev–Trinajstić information content (AvgIpc) is 2.28. The summed E-state index contributed by atoms with van der Waals surface area (Å²) in [5, 5.41) is 0. The summed E-state index contributed by atoms with van der Waals surface area (Å²) in [6, 6.07) is 16.7. The van der Waals surface area contributed by atoms with Gasteiger partial charge in [0.05, 0.1) is 6.10 Å². The molecule has 0 spiro atoms. The van der Waals surface area contributed by atoms with E-state index in [2.05, 4.69) is 43.3 Å². The van der Waals surface area contributed by atoms with Crippen LogP contribution in [0.2, 0.25) is 0 Å². The van der Waals surface area contributed by atoms with Crippen LogP contribution in [-0.4, -0.2) is 6.10 Å². The van der Waals surface area contributed by atoms with Crippen molar-refractivity contribution in [1.29, 1.82) is 0 Å². The molecule has 0 amide bonds. The molecule has 0 fully saturated rings. The first kappa shape index (κ1) is 11.7. The lowest BCUT2D eigenvalue weighted by atomic mass is 10.0. The van der Waals surface area contributed by atoms with Crippen molar-refractivity contribution in [3.63, 3.8) is 0 Å². The SMILES string of the molecule is Cc1cccc(-c2cccc(OC(C)C)c2)c1. The van der Waals surface area contributed by atoms with Crippen molar-refractivity contribution in [3.8, 4) is 16.9 Å². The molecule has 0 radical (unpaired) electrons. The molecule has 0 N–H and O–H groups in total. The molecule has 88 valence electrons. The monoisotopic (exact) mass is 226 g/mol. The van der Waals surface area contributed by atoms with Crippen LogP contribution in [0.4, 0.5) is 0 Å². The lowest BCUT2D eigenvalue weighted by molar-refractivity contribution is 0.242. The normalized spacial score (nSPS) is 10.6. The fourth-order valence-corrected chi connectivity index (χ4v) is 1.85. The standard InChI is InChI=1S/C16H18O/c1-12(2)17-16-9-5-8-15(11-16)14-7-4-6-13(3)10-14/h4-12H,1-3H3. The van der Waals surface area contributed by atoms with Crippen molar-refractivity contribution < 1.29 is 4.74 Å². The molecule has 17 heavy (non-hydrogen) atoms. The van der Waals surface area contributed by atoms with Crippen LogP contribution in [0.3, 0.4) is 0 Å². The molecule has 0 aliphatic rings. The number of hydrogen-bond acceptors (Lipinski definition) is 1. The Balaban J connectivity index is 2.33. The quantitative estimate of drug-likeness (QED) is 0.751. The highest BCUT2D eigenvalue weighted by atomic mass is 16.5. The molecule has 0 heterocycles. The van der Waals surface area contributed by atoms with Gasteiger partial charge in [0, 0.05) is 0 Å². The maximum absolute atomic E-state index is 5.71. The molecule has 2 aromatic rings. The van der Waals surface area contributed by atoms with Crippen molar-refractivity contribution in [2.24, 2.45) is 0 Å². The predicted octanol–water partition coefficient (Wildman–Crippen LogP) is 4.45. The lowest BCUT2D eigenvalue weighted by Crippen LogP contribution is -2.05. The van der Waals surface area contributed by atoms with Crippen LogP contribution in [0.1, 0.15) is 19.4 Å². The summed E-state index contributed by atoms with van der Waals surface area (Å²) < 4.78 is 5.71. The zero-order valence-electron chi connectivity index (χ0n) is 10.6. The summed E-state index contributed by atoms with van der Waals surface area (Å²) in [7, 11) is 0. The Bertz CT molecular complexity index is 500. The summed E-state index contributed by atoms with van der Waals surface area (Å²) in [5.74, 6) is 0.930. The lowest BCUT2D eigenvalue weighted by Gasteiger charge is -2.11. The van der Waals surface area contributed by atoms with Crippen LogP contribution in [0.5, 0.6) is 5.75 Å². The molecule has 0 bridgehead atoms. The molecule has 0 saturated carbocycles. The van der Waals surface area contributed by atoms with Gasteiger partial charge in [0.1, 0.15) is 5.75 Å². The number of rotatable bonds is 3. The van der Waals surface area contributed by atoms with E-state index in [1.54, 1.807) is 0 Å². The number of benzene rings is 2. The van der Waals surface area contributed by atoms with Crippen LogP contribution < -0.4 is 4.74 Å². The van der Waals surface area contributed by atoms with E-state index in [0.717, 1.165) is 5.75 Å². The molecule has 0 unspecified atom stereocenters. The van der Waals surface area contributed by atoms with Crippen molar-refractivity contribution >= 4 is 0 Å². The number of hydrogen-bond donors (Lipinski definition) is 0. The molecule has 2 rings (SSSR count). The Morgan fingerprint density at radius 1 is 0.882 bits per heavy atom. The van der Waals surface area contributed by atoms with Crippen LogP contribution in [0.15, 0.2) is 48.5 Å². The Labute approximate surface area is 103 Å². The van der Waals surface area contributed by atoms with Crippen molar-refractivity contribution in [2.75, 3.05) is 0 Å². The minimum atomic E-state index is 0.211. The summed E-state index contributed by atoms with van der Waals surface area (Å²) in [5.41, 5.74) is 3.71. The van der Waals surface area contributed by atoms with Crippen LogP contribution in [-0.2, 0) is 0 Å². The zero-order chi connectivity index (χ0) is 12.3. The average molecular weight is 226 g/mol. The molecule has 0 aliphatic heterocycles. The highest BCUT2D eigenvalue weighted by Gasteiger charge is 2.01. The predicted molar refractivity (Wildman–Crippen MR) is 72.4 cm³/mol. The van der Waals surface area contributed by atoms with E-state index in [9.17, 15) is 0 Å². The number of ether oxygens (including phenoxy) is 1. The van der Waals surface area contributed by atoms with E-state index in [-0.39, 0.29) is 6.10 Å². The van der Waals surface area contributed by atoms with Crippen LogP contribution in [0.25, 0.3) is 11.1 Å². The Morgan fingerprint density at radius 3 is 2.18 bits per heavy atom. The molecule has 0 saturated heterocycles. The summed E-state index contributed by atoms with van der Waals surface area (Å²) in [6.07, 6.45) is 0.211. The van der Waals surface area contributed by atoms with Gasteiger partial charge in [0.25, 0.3) is 0 Å². The minimum absolute atomic E-state index is 0.211. The van der Waals surface area contributed by atoms with Gasteiger partial charge in [-0.15, -0.1) is 0 Å². The van der Waals surface area contributed by atoms with E-state index in [4.69, 9.17) is 4.74 Å². The smallest absolute Gasteiger partial charge is 0.120 e. The second-order valence-corrected chi connectivity index (χ2v) is 4.56. The maximum Gasteiger partial charge on any atom is 0.120 e. The third-order valence-corrected chi connectivity index (χ3v) is 2.56. The van der Waals surface area contributed by atoms with Gasteiger partial charge in [-0.3, -0.25) is 0 Å². The van der Waals surface area contributed by atoms with Gasteiger partial charge in [-0.1, -0.05) is 42.0 Å². The van der Waals surface area contributed by atoms with Crippen LogP contribution in [0, 0.1) is 6.92 Å². The first-order valence-electron chi connectivity index (χ1n) is 5.99. The maximum atomic E-state index is 5.71. The van der Waals surface area contributed by atoms with Gasteiger partial charge in [-0.2, -0.15) is 0 Å². The Kier molecular flexibility index (Phi) is 3.48. The Hall–Kier alpha value is -1.76. The molecular formula is C16H18O. The van der Waals surface area contributed by atoms with E-state index in [0.29, 0.717) is 0 Å². The fraction of sp³-hybridized carbons (Fsp3) is 0.250. The van der Waals surface area contributed by atoms with E-state index in [1.807, 2.05) is 26.0 Å². The largest absolute Gasteiger partial charge is 0.491 e.